The Bertz CT molecular complexity index is 1050. The number of halogens is 3. The van der Waals surface area contributed by atoms with Crippen molar-refractivity contribution < 1.29 is 32.5 Å². The highest BCUT2D eigenvalue weighted by molar-refractivity contribution is 7.15. The fraction of sp³-hybridized carbons (Fsp3) is 0.238. The number of aliphatic carboxylic acids is 1. The van der Waals surface area contributed by atoms with E-state index in [1.807, 2.05) is 0 Å². The Morgan fingerprint density at radius 1 is 1.10 bits per heavy atom. The number of hydrogen-bond donors (Lipinski definition) is 1. The van der Waals surface area contributed by atoms with E-state index in [4.69, 9.17) is 14.6 Å². The van der Waals surface area contributed by atoms with Crippen molar-refractivity contribution in [3.05, 3.63) is 64.2 Å². The SMILES string of the molecule is Cc1ccc(OCc2sc(-c3ccc(C(F)(F)F)cc3)nc2C)cc1OCC(=O)O. The molecule has 0 unspecified atom stereocenters. The maximum absolute atomic E-state index is 12.7. The molecule has 0 bridgehead atoms. The average molecular weight is 437 g/mol. The number of carboxylic acids is 1. The lowest BCUT2D eigenvalue weighted by atomic mass is 10.1. The molecule has 30 heavy (non-hydrogen) atoms. The van der Waals surface area contributed by atoms with Gasteiger partial charge >= 0.3 is 12.1 Å². The van der Waals surface area contributed by atoms with E-state index in [0.29, 0.717) is 22.1 Å². The predicted molar refractivity (Wildman–Crippen MR) is 106 cm³/mol. The lowest BCUT2D eigenvalue weighted by Crippen LogP contribution is -2.10. The molecule has 0 aliphatic rings. The Hall–Kier alpha value is -3.07. The number of aryl methyl sites for hydroxylation is 2. The van der Waals surface area contributed by atoms with E-state index >= 15 is 0 Å². The van der Waals surface area contributed by atoms with Crippen molar-refractivity contribution in [3.8, 4) is 22.1 Å². The van der Waals surface area contributed by atoms with E-state index in [9.17, 15) is 18.0 Å². The van der Waals surface area contributed by atoms with Crippen LogP contribution in [0.2, 0.25) is 0 Å². The molecule has 3 aromatic rings. The highest BCUT2D eigenvalue weighted by atomic mass is 32.1. The summed E-state index contributed by atoms with van der Waals surface area (Å²) in [5.74, 6) is -0.150. The molecule has 3 rings (SSSR count). The zero-order valence-corrected chi connectivity index (χ0v) is 16.9. The van der Waals surface area contributed by atoms with Gasteiger partial charge in [0.05, 0.1) is 16.1 Å². The van der Waals surface area contributed by atoms with Gasteiger partial charge in [0.1, 0.15) is 23.1 Å². The van der Waals surface area contributed by atoms with Gasteiger partial charge in [0.2, 0.25) is 0 Å². The van der Waals surface area contributed by atoms with Crippen LogP contribution in [-0.4, -0.2) is 22.7 Å². The largest absolute Gasteiger partial charge is 0.488 e. The number of rotatable bonds is 7. The van der Waals surface area contributed by atoms with Crippen molar-refractivity contribution >= 4 is 17.3 Å². The number of carbonyl (C=O) groups is 1. The number of nitrogens with zero attached hydrogens (tertiary/aromatic N) is 1. The van der Waals surface area contributed by atoms with E-state index in [1.54, 1.807) is 32.0 Å². The Kier molecular flexibility index (Phi) is 6.31. The first-order valence-corrected chi connectivity index (χ1v) is 9.67. The van der Waals surface area contributed by atoms with Gasteiger partial charge in [-0.15, -0.1) is 11.3 Å². The van der Waals surface area contributed by atoms with Crippen molar-refractivity contribution in [2.45, 2.75) is 26.6 Å². The molecular weight excluding hydrogens is 419 g/mol. The number of alkyl halides is 3. The number of thiazole rings is 1. The van der Waals surface area contributed by atoms with E-state index in [0.717, 1.165) is 28.3 Å². The van der Waals surface area contributed by atoms with Crippen molar-refractivity contribution in [1.82, 2.24) is 4.98 Å². The summed E-state index contributed by atoms with van der Waals surface area (Å²) < 4.78 is 49.2. The van der Waals surface area contributed by atoms with Gasteiger partial charge in [0.15, 0.2) is 6.61 Å². The summed E-state index contributed by atoms with van der Waals surface area (Å²) in [5, 5.41) is 9.36. The van der Waals surface area contributed by atoms with Gasteiger partial charge in [-0.05, 0) is 37.6 Å². The van der Waals surface area contributed by atoms with Gasteiger partial charge in [-0.1, -0.05) is 18.2 Å². The molecule has 1 N–H and O–H groups in total. The second-order valence-corrected chi connectivity index (χ2v) is 7.58. The summed E-state index contributed by atoms with van der Waals surface area (Å²) in [6.45, 7) is 3.37. The second kappa shape index (κ2) is 8.74. The molecule has 0 fully saturated rings. The Morgan fingerprint density at radius 3 is 2.43 bits per heavy atom. The lowest BCUT2D eigenvalue weighted by molar-refractivity contribution is -0.139. The summed E-state index contributed by atoms with van der Waals surface area (Å²) in [5.41, 5.74) is 1.40. The molecule has 0 radical (unpaired) electrons. The van der Waals surface area contributed by atoms with Crippen LogP contribution in [0.4, 0.5) is 13.2 Å². The Balaban J connectivity index is 1.71. The molecule has 0 aliphatic heterocycles. The molecule has 158 valence electrons. The van der Waals surface area contributed by atoms with Gasteiger partial charge in [-0.25, -0.2) is 9.78 Å². The fourth-order valence-corrected chi connectivity index (χ4v) is 3.58. The van der Waals surface area contributed by atoms with Gasteiger partial charge in [0, 0.05) is 11.6 Å². The van der Waals surface area contributed by atoms with Crippen LogP contribution in [0.25, 0.3) is 10.6 Å². The van der Waals surface area contributed by atoms with Crippen molar-refractivity contribution in [2.75, 3.05) is 6.61 Å². The predicted octanol–water partition coefficient (Wildman–Crippen LogP) is 5.49. The maximum Gasteiger partial charge on any atom is 0.416 e. The fourth-order valence-electron chi connectivity index (χ4n) is 2.60. The summed E-state index contributed by atoms with van der Waals surface area (Å²) in [6.07, 6.45) is -4.38. The van der Waals surface area contributed by atoms with E-state index < -0.39 is 24.3 Å². The van der Waals surface area contributed by atoms with Crippen molar-refractivity contribution in [2.24, 2.45) is 0 Å². The van der Waals surface area contributed by atoms with E-state index in [1.165, 1.54) is 23.5 Å². The van der Waals surface area contributed by atoms with Gasteiger partial charge < -0.3 is 14.6 Å². The van der Waals surface area contributed by atoms with Crippen LogP contribution in [0, 0.1) is 13.8 Å². The maximum atomic E-state index is 12.7. The zero-order valence-electron chi connectivity index (χ0n) is 16.1. The van der Waals surface area contributed by atoms with Crippen LogP contribution in [0.5, 0.6) is 11.5 Å². The lowest BCUT2D eigenvalue weighted by Gasteiger charge is -2.10. The zero-order chi connectivity index (χ0) is 21.9. The molecule has 0 atom stereocenters. The summed E-state index contributed by atoms with van der Waals surface area (Å²) in [4.78, 5) is 16.0. The molecule has 0 saturated heterocycles. The van der Waals surface area contributed by atoms with E-state index in [-0.39, 0.29) is 6.61 Å². The Morgan fingerprint density at radius 2 is 1.80 bits per heavy atom. The van der Waals surface area contributed by atoms with Crippen LogP contribution in [0.3, 0.4) is 0 Å². The molecule has 1 heterocycles. The molecule has 0 amide bonds. The number of hydrogen-bond acceptors (Lipinski definition) is 5. The molecule has 0 aliphatic carbocycles. The van der Waals surface area contributed by atoms with E-state index in [2.05, 4.69) is 4.98 Å². The van der Waals surface area contributed by atoms with Crippen LogP contribution >= 0.6 is 11.3 Å². The molecule has 2 aromatic carbocycles. The number of ether oxygens (including phenoxy) is 2. The first-order chi connectivity index (χ1) is 14.1. The van der Waals surface area contributed by atoms with Crippen LogP contribution in [-0.2, 0) is 17.6 Å². The van der Waals surface area contributed by atoms with Crippen molar-refractivity contribution in [3.63, 3.8) is 0 Å². The number of aromatic nitrogens is 1. The number of carboxylic acid groups (broad SMARTS) is 1. The highest BCUT2D eigenvalue weighted by Crippen LogP contribution is 2.33. The smallest absolute Gasteiger partial charge is 0.416 e. The molecule has 1 aromatic heterocycles. The third-order valence-corrected chi connectivity index (χ3v) is 5.41. The van der Waals surface area contributed by atoms with Gasteiger partial charge in [-0.2, -0.15) is 13.2 Å². The summed E-state index contributed by atoms with van der Waals surface area (Å²) in [7, 11) is 0. The summed E-state index contributed by atoms with van der Waals surface area (Å²) in [6, 6.07) is 10.00. The quantitative estimate of drug-likeness (QED) is 0.530. The minimum Gasteiger partial charge on any atom is -0.488 e. The Labute approximate surface area is 174 Å². The highest BCUT2D eigenvalue weighted by Gasteiger charge is 2.30. The monoisotopic (exact) mass is 437 g/mol. The molecule has 0 saturated carbocycles. The van der Waals surface area contributed by atoms with Crippen LogP contribution in [0.1, 0.15) is 21.7 Å². The minimum atomic E-state index is -4.38. The third kappa shape index (κ3) is 5.29. The molecule has 9 heteroatoms. The topological polar surface area (TPSA) is 68.7 Å². The average Bonchev–Trinajstić information content (AvgIpc) is 3.06. The van der Waals surface area contributed by atoms with Crippen LogP contribution in [0.15, 0.2) is 42.5 Å². The normalized spacial score (nSPS) is 11.4. The molecule has 0 spiro atoms. The first-order valence-electron chi connectivity index (χ1n) is 8.85. The standard InChI is InChI=1S/C21H18F3NO4S/c1-12-3-8-16(9-17(12)29-11-19(26)27)28-10-18-13(2)25-20(30-18)14-4-6-15(7-5-14)21(22,23)24/h3-9H,10-11H2,1-2H3,(H,26,27). The van der Waals surface area contributed by atoms with Crippen LogP contribution < -0.4 is 9.47 Å². The van der Waals surface area contributed by atoms with Gasteiger partial charge in [-0.3, -0.25) is 0 Å². The second-order valence-electron chi connectivity index (χ2n) is 6.50. The van der Waals surface area contributed by atoms with Gasteiger partial charge in [0.25, 0.3) is 0 Å². The minimum absolute atomic E-state index is 0.214. The molecular formula is C21H18F3NO4S. The molecule has 5 nitrogen and oxygen atoms in total. The first kappa shape index (κ1) is 21.6. The van der Waals surface area contributed by atoms with Crippen molar-refractivity contribution in [1.29, 1.82) is 0 Å². The summed E-state index contributed by atoms with van der Waals surface area (Å²) >= 11 is 1.34. The third-order valence-electron chi connectivity index (χ3n) is 4.23. The number of benzene rings is 2.